The zero-order valence-corrected chi connectivity index (χ0v) is 12.3. The van der Waals surface area contributed by atoms with Crippen molar-refractivity contribution in [1.82, 2.24) is 0 Å². The number of carbonyl (C=O) groups excluding carboxylic acids is 1. The summed E-state index contributed by atoms with van der Waals surface area (Å²) in [5, 5.41) is 0.994. The van der Waals surface area contributed by atoms with Crippen molar-refractivity contribution in [2.24, 2.45) is 0 Å². The molecule has 0 N–H and O–H groups in total. The van der Waals surface area contributed by atoms with Gasteiger partial charge in [-0.25, -0.2) is 0 Å². The molecule has 2 heteroatoms. The van der Waals surface area contributed by atoms with Gasteiger partial charge in [0, 0.05) is 11.8 Å². The van der Waals surface area contributed by atoms with E-state index in [1.807, 2.05) is 37.3 Å². The first kappa shape index (κ1) is 13.6. The topological polar surface area (TPSA) is 30.2 Å². The molecule has 0 fully saturated rings. The molecule has 0 saturated heterocycles. The van der Waals surface area contributed by atoms with Crippen LogP contribution in [0.3, 0.4) is 0 Å². The molecule has 0 bridgehead atoms. The lowest BCUT2D eigenvalue weighted by Gasteiger charge is -2.01. The predicted molar refractivity (Wildman–Crippen MR) is 84.8 cm³/mol. The Morgan fingerprint density at radius 1 is 1.00 bits per heavy atom. The van der Waals surface area contributed by atoms with E-state index in [9.17, 15) is 4.79 Å². The summed E-state index contributed by atoms with van der Waals surface area (Å²) in [6.45, 7) is 4.10. The summed E-state index contributed by atoms with van der Waals surface area (Å²) in [4.78, 5) is 12.3. The van der Waals surface area contributed by atoms with Gasteiger partial charge in [0.15, 0.2) is 11.5 Å². The van der Waals surface area contributed by atoms with Crippen LogP contribution in [-0.4, -0.2) is 5.78 Å². The highest BCUT2D eigenvalue weighted by Gasteiger charge is 2.12. The lowest BCUT2D eigenvalue weighted by Crippen LogP contribution is -1.99. The molecule has 2 nitrogen and oxygen atoms in total. The summed E-state index contributed by atoms with van der Waals surface area (Å²) in [6, 6.07) is 16.1. The predicted octanol–water partition coefficient (Wildman–Crippen LogP) is 4.87. The summed E-state index contributed by atoms with van der Waals surface area (Å²) >= 11 is 0. The van der Waals surface area contributed by atoms with E-state index in [-0.39, 0.29) is 5.78 Å². The number of aryl methyl sites for hydroxylation is 3. The van der Waals surface area contributed by atoms with E-state index >= 15 is 0 Å². The van der Waals surface area contributed by atoms with E-state index in [1.54, 1.807) is 0 Å². The molecule has 3 aromatic rings. The van der Waals surface area contributed by atoms with E-state index in [2.05, 4.69) is 25.1 Å². The van der Waals surface area contributed by atoms with Crippen molar-refractivity contribution in [3.05, 3.63) is 71.0 Å². The van der Waals surface area contributed by atoms with Crippen molar-refractivity contribution in [1.29, 1.82) is 0 Å². The van der Waals surface area contributed by atoms with Crippen molar-refractivity contribution in [3.8, 4) is 0 Å². The number of hydrogen-bond donors (Lipinski definition) is 0. The van der Waals surface area contributed by atoms with Gasteiger partial charge in [0.2, 0.25) is 0 Å². The van der Waals surface area contributed by atoms with Crippen molar-refractivity contribution in [2.45, 2.75) is 26.7 Å². The van der Waals surface area contributed by atoms with Gasteiger partial charge >= 0.3 is 0 Å². The van der Waals surface area contributed by atoms with Crippen LogP contribution in [0.2, 0.25) is 0 Å². The van der Waals surface area contributed by atoms with Crippen LogP contribution in [0, 0.1) is 13.8 Å². The quantitative estimate of drug-likeness (QED) is 0.638. The highest BCUT2D eigenvalue weighted by molar-refractivity contribution is 5.97. The zero-order chi connectivity index (χ0) is 14.8. The number of ketones is 1. The fourth-order valence-corrected chi connectivity index (χ4v) is 2.55. The van der Waals surface area contributed by atoms with Crippen LogP contribution in [0.15, 0.2) is 52.9 Å². The third-order valence-electron chi connectivity index (χ3n) is 3.67. The second kappa shape index (κ2) is 5.57. The molecule has 0 atom stereocenters. The van der Waals surface area contributed by atoms with Gasteiger partial charge in [-0.15, -0.1) is 0 Å². The first-order chi connectivity index (χ1) is 10.1. The normalized spacial score (nSPS) is 11.0. The van der Waals surface area contributed by atoms with E-state index in [0.717, 1.165) is 17.4 Å². The standard InChI is InChI=1S/C19H18O2/c1-13-4-3-5-15(10-13)7-8-17(20)19-12-16-11-14(2)6-9-18(16)21-19/h3-6,9-12H,7-8H2,1-2H3. The molecule has 1 heterocycles. The summed E-state index contributed by atoms with van der Waals surface area (Å²) in [7, 11) is 0. The second-order valence-corrected chi connectivity index (χ2v) is 5.56. The minimum Gasteiger partial charge on any atom is -0.453 e. The maximum atomic E-state index is 12.3. The second-order valence-electron chi connectivity index (χ2n) is 5.56. The maximum Gasteiger partial charge on any atom is 0.198 e. The number of rotatable bonds is 4. The fraction of sp³-hybridized carbons (Fsp3) is 0.211. The average molecular weight is 278 g/mol. The summed E-state index contributed by atoms with van der Waals surface area (Å²) in [5.74, 6) is 0.522. The Hall–Kier alpha value is -2.35. The largest absolute Gasteiger partial charge is 0.453 e. The summed E-state index contributed by atoms with van der Waals surface area (Å²) in [5.41, 5.74) is 4.36. The minimum atomic E-state index is 0.0605. The highest BCUT2D eigenvalue weighted by Crippen LogP contribution is 2.22. The molecule has 0 amide bonds. The smallest absolute Gasteiger partial charge is 0.198 e. The van der Waals surface area contributed by atoms with Gasteiger partial charge in [-0.2, -0.15) is 0 Å². The van der Waals surface area contributed by atoms with Gasteiger partial charge in [-0.3, -0.25) is 4.79 Å². The van der Waals surface area contributed by atoms with Crippen molar-refractivity contribution in [3.63, 3.8) is 0 Å². The molecular formula is C19H18O2. The van der Waals surface area contributed by atoms with Gasteiger partial charge in [-0.1, -0.05) is 41.5 Å². The minimum absolute atomic E-state index is 0.0605. The van der Waals surface area contributed by atoms with Gasteiger partial charge in [0.25, 0.3) is 0 Å². The van der Waals surface area contributed by atoms with Crippen LogP contribution < -0.4 is 0 Å². The molecule has 0 aliphatic carbocycles. The number of fused-ring (bicyclic) bond motifs is 1. The lowest BCUT2D eigenvalue weighted by atomic mass is 10.0. The van der Waals surface area contributed by atoms with E-state index in [4.69, 9.17) is 4.42 Å². The molecule has 2 aromatic carbocycles. The zero-order valence-electron chi connectivity index (χ0n) is 12.3. The van der Waals surface area contributed by atoms with Crippen molar-refractivity contribution in [2.75, 3.05) is 0 Å². The Balaban J connectivity index is 1.74. The molecule has 0 aliphatic rings. The van der Waals surface area contributed by atoms with Gasteiger partial charge in [0.05, 0.1) is 0 Å². The molecule has 0 unspecified atom stereocenters. The van der Waals surface area contributed by atoms with Gasteiger partial charge in [0.1, 0.15) is 5.58 Å². The van der Waals surface area contributed by atoms with Crippen molar-refractivity contribution < 1.29 is 9.21 Å². The summed E-state index contributed by atoms with van der Waals surface area (Å²) < 4.78 is 5.65. The number of furan rings is 1. The molecule has 1 aromatic heterocycles. The summed E-state index contributed by atoms with van der Waals surface area (Å²) in [6.07, 6.45) is 1.22. The molecular weight excluding hydrogens is 260 g/mol. The Kier molecular flexibility index (Phi) is 3.61. The SMILES string of the molecule is Cc1cccc(CCC(=O)c2cc3cc(C)ccc3o2)c1. The van der Waals surface area contributed by atoms with Crippen LogP contribution in [0.5, 0.6) is 0 Å². The monoisotopic (exact) mass is 278 g/mol. The maximum absolute atomic E-state index is 12.3. The van der Waals surface area contributed by atoms with E-state index < -0.39 is 0 Å². The molecule has 0 spiro atoms. The molecule has 0 aliphatic heterocycles. The molecule has 0 radical (unpaired) electrons. The van der Waals surface area contributed by atoms with Crippen LogP contribution in [0.4, 0.5) is 0 Å². The third kappa shape index (κ3) is 3.05. The first-order valence-electron chi connectivity index (χ1n) is 7.21. The number of carbonyl (C=O) groups is 1. The Labute approximate surface area is 124 Å². The van der Waals surface area contributed by atoms with Crippen molar-refractivity contribution >= 4 is 16.8 Å². The fourth-order valence-electron chi connectivity index (χ4n) is 2.55. The number of Topliss-reactive ketones (excluding diaryl/α,β-unsaturated/α-hetero) is 1. The highest BCUT2D eigenvalue weighted by atomic mass is 16.3. The van der Waals surface area contributed by atoms with Gasteiger partial charge < -0.3 is 4.42 Å². The van der Waals surface area contributed by atoms with Crippen LogP contribution in [0.25, 0.3) is 11.0 Å². The Morgan fingerprint density at radius 2 is 1.81 bits per heavy atom. The van der Waals surface area contributed by atoms with Crippen LogP contribution >= 0.6 is 0 Å². The van der Waals surface area contributed by atoms with E-state index in [1.165, 1.54) is 16.7 Å². The third-order valence-corrected chi connectivity index (χ3v) is 3.67. The van der Waals surface area contributed by atoms with Crippen LogP contribution in [-0.2, 0) is 6.42 Å². The molecule has 0 saturated carbocycles. The number of benzene rings is 2. The molecule has 21 heavy (non-hydrogen) atoms. The average Bonchev–Trinajstić information content (AvgIpc) is 2.88. The van der Waals surface area contributed by atoms with E-state index in [0.29, 0.717) is 12.2 Å². The molecule has 3 rings (SSSR count). The lowest BCUT2D eigenvalue weighted by molar-refractivity contribution is 0.0958. The first-order valence-corrected chi connectivity index (χ1v) is 7.21. The molecule has 106 valence electrons. The van der Waals surface area contributed by atoms with Gasteiger partial charge in [-0.05, 0) is 44.0 Å². The van der Waals surface area contributed by atoms with Crippen LogP contribution in [0.1, 0.15) is 33.7 Å². The Morgan fingerprint density at radius 3 is 2.62 bits per heavy atom. The number of hydrogen-bond acceptors (Lipinski definition) is 2. The Bertz CT molecular complexity index is 796.